The van der Waals surface area contributed by atoms with Crippen molar-refractivity contribution in [3.05, 3.63) is 12.2 Å². The first-order valence-corrected chi connectivity index (χ1v) is 4.25. The van der Waals surface area contributed by atoms with E-state index in [1.807, 2.05) is 6.92 Å². The van der Waals surface area contributed by atoms with Gasteiger partial charge in [0.1, 0.15) is 0 Å². The molecule has 3 nitrogen and oxygen atoms in total. The molecular weight excluding hydrogens is 154 g/mol. The number of carbonyl (C=O) groups excluding carboxylic acids is 2. The molecule has 0 spiro atoms. The van der Waals surface area contributed by atoms with E-state index in [9.17, 15) is 9.59 Å². The van der Waals surface area contributed by atoms with E-state index in [0.717, 1.165) is 12.8 Å². The van der Waals surface area contributed by atoms with Crippen molar-refractivity contribution >= 4 is 11.8 Å². The molecule has 0 aromatic rings. The third-order valence-corrected chi connectivity index (χ3v) is 2.55. The molecule has 1 atom stereocenters. The highest BCUT2D eigenvalue weighted by molar-refractivity contribution is 6.13. The van der Waals surface area contributed by atoms with Gasteiger partial charge in [-0.3, -0.25) is 14.5 Å². The third-order valence-electron chi connectivity index (χ3n) is 2.55. The van der Waals surface area contributed by atoms with Crippen LogP contribution < -0.4 is 0 Å². The van der Waals surface area contributed by atoms with E-state index >= 15 is 0 Å². The molecule has 1 heterocycles. The van der Waals surface area contributed by atoms with Gasteiger partial charge in [0.15, 0.2) is 0 Å². The van der Waals surface area contributed by atoms with Crippen LogP contribution in [0.15, 0.2) is 12.2 Å². The minimum absolute atomic E-state index is 0.0972. The Kier molecular flexibility index (Phi) is 1.53. The quantitative estimate of drug-likeness (QED) is 0.565. The number of amides is 2. The second-order valence-corrected chi connectivity index (χ2v) is 3.46. The summed E-state index contributed by atoms with van der Waals surface area (Å²) >= 11 is 0. The van der Waals surface area contributed by atoms with Crippen molar-refractivity contribution in [1.82, 2.24) is 4.90 Å². The highest BCUT2D eigenvalue weighted by Crippen LogP contribution is 2.35. The first kappa shape index (κ1) is 7.53. The number of hydrogen-bond acceptors (Lipinski definition) is 2. The van der Waals surface area contributed by atoms with Crippen LogP contribution in [0, 0.1) is 5.92 Å². The molecule has 2 rings (SSSR count). The van der Waals surface area contributed by atoms with Crippen LogP contribution in [-0.2, 0) is 9.59 Å². The Morgan fingerprint density at radius 1 is 1.33 bits per heavy atom. The minimum Gasteiger partial charge on any atom is -0.272 e. The first-order valence-electron chi connectivity index (χ1n) is 4.25. The normalized spacial score (nSPS) is 25.2. The Bertz CT molecular complexity index is 248. The van der Waals surface area contributed by atoms with Crippen LogP contribution >= 0.6 is 0 Å². The lowest BCUT2D eigenvalue weighted by molar-refractivity contribution is -0.139. The molecule has 0 saturated heterocycles. The Hall–Kier alpha value is -1.12. The summed E-state index contributed by atoms with van der Waals surface area (Å²) in [5.41, 5.74) is 0. The van der Waals surface area contributed by atoms with Crippen molar-refractivity contribution in [2.45, 2.75) is 25.8 Å². The molecule has 1 saturated carbocycles. The van der Waals surface area contributed by atoms with Crippen molar-refractivity contribution in [1.29, 1.82) is 0 Å². The summed E-state index contributed by atoms with van der Waals surface area (Å²) in [5, 5.41) is 0. The van der Waals surface area contributed by atoms with E-state index in [1.165, 1.54) is 17.1 Å². The maximum absolute atomic E-state index is 11.2. The number of imide groups is 1. The van der Waals surface area contributed by atoms with Crippen LogP contribution in [0.5, 0.6) is 0 Å². The van der Waals surface area contributed by atoms with Crippen LogP contribution in [-0.4, -0.2) is 22.8 Å². The standard InChI is InChI=1S/C9H11NO2/c1-6(7-2-3-7)10-8(11)4-5-9(10)12/h4-7H,2-3H2,1H3/t6-/m0/s1. The van der Waals surface area contributed by atoms with E-state index in [2.05, 4.69) is 0 Å². The predicted octanol–water partition coefficient (Wildman–Crippen LogP) is 0.710. The van der Waals surface area contributed by atoms with Gasteiger partial charge in [0.25, 0.3) is 11.8 Å². The fourth-order valence-electron chi connectivity index (χ4n) is 1.60. The lowest BCUT2D eigenvalue weighted by Gasteiger charge is -2.21. The summed E-state index contributed by atoms with van der Waals surface area (Å²) in [6, 6.07) is 0.0972. The smallest absolute Gasteiger partial charge is 0.253 e. The van der Waals surface area contributed by atoms with Gasteiger partial charge in [0.05, 0.1) is 0 Å². The predicted molar refractivity (Wildman–Crippen MR) is 43.2 cm³/mol. The summed E-state index contributed by atoms with van der Waals surface area (Å²) in [4.78, 5) is 23.7. The van der Waals surface area contributed by atoms with Crippen LogP contribution in [0.25, 0.3) is 0 Å². The largest absolute Gasteiger partial charge is 0.272 e. The van der Waals surface area contributed by atoms with Gasteiger partial charge in [-0.15, -0.1) is 0 Å². The van der Waals surface area contributed by atoms with Crippen LogP contribution in [0.1, 0.15) is 19.8 Å². The van der Waals surface area contributed by atoms with Gasteiger partial charge in [0, 0.05) is 18.2 Å². The lowest BCUT2D eigenvalue weighted by atomic mass is 10.2. The highest BCUT2D eigenvalue weighted by Gasteiger charge is 2.37. The molecule has 2 amide bonds. The Labute approximate surface area is 71.0 Å². The minimum atomic E-state index is -0.153. The molecule has 0 aromatic heterocycles. The van der Waals surface area contributed by atoms with Gasteiger partial charge >= 0.3 is 0 Å². The van der Waals surface area contributed by atoms with Gasteiger partial charge in [-0.25, -0.2) is 0 Å². The van der Waals surface area contributed by atoms with Crippen molar-refractivity contribution in [2.75, 3.05) is 0 Å². The summed E-state index contributed by atoms with van der Waals surface area (Å²) in [6.45, 7) is 1.94. The highest BCUT2D eigenvalue weighted by atomic mass is 16.2. The molecule has 1 aliphatic carbocycles. The van der Waals surface area contributed by atoms with Crippen molar-refractivity contribution in [2.24, 2.45) is 5.92 Å². The summed E-state index contributed by atoms with van der Waals surface area (Å²) in [7, 11) is 0. The topological polar surface area (TPSA) is 37.4 Å². The molecule has 0 aromatic carbocycles. The van der Waals surface area contributed by atoms with E-state index in [-0.39, 0.29) is 17.9 Å². The lowest BCUT2D eigenvalue weighted by Crippen LogP contribution is -2.39. The van der Waals surface area contributed by atoms with Gasteiger partial charge < -0.3 is 0 Å². The molecule has 0 bridgehead atoms. The molecule has 2 aliphatic rings. The molecule has 12 heavy (non-hydrogen) atoms. The van der Waals surface area contributed by atoms with Crippen LogP contribution in [0.2, 0.25) is 0 Å². The maximum atomic E-state index is 11.2. The SMILES string of the molecule is C[C@@H](C1CC1)N1C(=O)C=CC1=O. The number of nitrogens with zero attached hydrogens (tertiary/aromatic N) is 1. The Morgan fingerprint density at radius 3 is 2.25 bits per heavy atom. The zero-order chi connectivity index (χ0) is 8.72. The summed E-state index contributed by atoms with van der Waals surface area (Å²) in [6.07, 6.45) is 5.00. The van der Waals surface area contributed by atoms with E-state index in [4.69, 9.17) is 0 Å². The zero-order valence-electron chi connectivity index (χ0n) is 6.99. The van der Waals surface area contributed by atoms with Crippen LogP contribution in [0.4, 0.5) is 0 Å². The molecule has 1 aliphatic heterocycles. The third kappa shape index (κ3) is 1.05. The molecule has 1 fully saturated rings. The molecule has 0 unspecified atom stereocenters. The van der Waals surface area contributed by atoms with Crippen LogP contribution in [0.3, 0.4) is 0 Å². The van der Waals surface area contributed by atoms with Crippen molar-refractivity contribution < 1.29 is 9.59 Å². The maximum Gasteiger partial charge on any atom is 0.253 e. The second-order valence-electron chi connectivity index (χ2n) is 3.46. The van der Waals surface area contributed by atoms with Crippen molar-refractivity contribution in [3.8, 4) is 0 Å². The number of rotatable bonds is 2. The number of hydrogen-bond donors (Lipinski definition) is 0. The van der Waals surface area contributed by atoms with E-state index in [1.54, 1.807) is 0 Å². The first-order chi connectivity index (χ1) is 5.70. The number of carbonyl (C=O) groups is 2. The molecular formula is C9H11NO2. The van der Waals surface area contributed by atoms with E-state index < -0.39 is 0 Å². The molecule has 3 heteroatoms. The van der Waals surface area contributed by atoms with Gasteiger partial charge in [-0.1, -0.05) is 0 Å². The molecule has 0 N–H and O–H groups in total. The van der Waals surface area contributed by atoms with Crippen molar-refractivity contribution in [3.63, 3.8) is 0 Å². The summed E-state index contributed by atoms with van der Waals surface area (Å²) < 4.78 is 0. The van der Waals surface area contributed by atoms with Gasteiger partial charge in [-0.2, -0.15) is 0 Å². The fraction of sp³-hybridized carbons (Fsp3) is 0.556. The average Bonchev–Trinajstić information content (AvgIpc) is 2.79. The van der Waals surface area contributed by atoms with Gasteiger partial charge in [-0.05, 0) is 25.7 Å². The zero-order valence-corrected chi connectivity index (χ0v) is 6.99. The monoisotopic (exact) mass is 165 g/mol. The average molecular weight is 165 g/mol. The Balaban J connectivity index is 2.11. The van der Waals surface area contributed by atoms with E-state index in [0.29, 0.717) is 5.92 Å². The molecule has 64 valence electrons. The second kappa shape index (κ2) is 2.44. The molecule has 0 radical (unpaired) electrons. The Morgan fingerprint density at radius 2 is 1.83 bits per heavy atom. The fourth-order valence-corrected chi connectivity index (χ4v) is 1.60. The van der Waals surface area contributed by atoms with Gasteiger partial charge in [0.2, 0.25) is 0 Å². The summed E-state index contributed by atoms with van der Waals surface area (Å²) in [5.74, 6) is 0.247.